The lowest BCUT2D eigenvalue weighted by molar-refractivity contribution is 0.159. The van der Waals surface area contributed by atoms with Gasteiger partial charge >= 0.3 is 6.09 Å². The molecular weight excluding hydrogens is 218 g/mol. The smallest absolute Gasteiger partial charge is 0.408 e. The van der Waals surface area contributed by atoms with E-state index >= 15 is 0 Å². The SMILES string of the molecule is CN(C)CCN(C)C(=O)Oc1ccccc1N. The number of benzene rings is 1. The molecule has 0 bridgehead atoms. The topological polar surface area (TPSA) is 58.8 Å². The van der Waals surface area contributed by atoms with Gasteiger partial charge in [0.15, 0.2) is 5.75 Å². The molecule has 0 aliphatic carbocycles. The van der Waals surface area contributed by atoms with E-state index in [1.54, 1.807) is 31.3 Å². The van der Waals surface area contributed by atoms with Crippen molar-refractivity contribution in [3.05, 3.63) is 24.3 Å². The Kier molecular flexibility index (Phi) is 4.78. The fourth-order valence-corrected chi connectivity index (χ4v) is 1.19. The van der Waals surface area contributed by atoms with Crippen molar-refractivity contribution in [3.63, 3.8) is 0 Å². The first-order chi connectivity index (χ1) is 8.00. The first-order valence-electron chi connectivity index (χ1n) is 5.43. The zero-order valence-corrected chi connectivity index (χ0v) is 10.5. The van der Waals surface area contributed by atoms with Gasteiger partial charge in [0.2, 0.25) is 0 Å². The van der Waals surface area contributed by atoms with Gasteiger partial charge in [-0.25, -0.2) is 4.79 Å². The number of amides is 1. The number of nitrogen functional groups attached to an aromatic ring is 1. The Morgan fingerprint density at radius 2 is 1.88 bits per heavy atom. The van der Waals surface area contributed by atoms with Gasteiger partial charge in [-0.15, -0.1) is 0 Å². The van der Waals surface area contributed by atoms with Crippen molar-refractivity contribution in [1.29, 1.82) is 0 Å². The van der Waals surface area contributed by atoms with Gasteiger partial charge in [-0.05, 0) is 26.2 Å². The summed E-state index contributed by atoms with van der Waals surface area (Å²) in [5, 5.41) is 0. The van der Waals surface area contributed by atoms with Gasteiger partial charge in [-0.2, -0.15) is 0 Å². The number of nitrogens with zero attached hydrogens (tertiary/aromatic N) is 2. The lowest BCUT2D eigenvalue weighted by Gasteiger charge is -2.19. The number of nitrogens with two attached hydrogens (primary N) is 1. The highest BCUT2D eigenvalue weighted by Gasteiger charge is 2.12. The summed E-state index contributed by atoms with van der Waals surface area (Å²) in [4.78, 5) is 15.2. The second-order valence-electron chi connectivity index (χ2n) is 4.13. The van der Waals surface area contributed by atoms with Gasteiger partial charge in [0.1, 0.15) is 0 Å². The minimum Gasteiger partial charge on any atom is -0.408 e. The van der Waals surface area contributed by atoms with Crippen LogP contribution < -0.4 is 10.5 Å². The molecular formula is C12H19N3O2. The number of anilines is 1. The maximum atomic E-state index is 11.7. The summed E-state index contributed by atoms with van der Waals surface area (Å²) in [6.45, 7) is 1.40. The number of likely N-dealkylation sites (N-methyl/N-ethyl adjacent to an activating group) is 2. The molecule has 94 valence electrons. The minimum atomic E-state index is -0.398. The maximum absolute atomic E-state index is 11.7. The van der Waals surface area contributed by atoms with E-state index in [0.29, 0.717) is 18.0 Å². The van der Waals surface area contributed by atoms with E-state index in [2.05, 4.69) is 0 Å². The summed E-state index contributed by atoms with van der Waals surface area (Å²) in [7, 11) is 5.60. The molecule has 0 unspecified atom stereocenters. The van der Waals surface area contributed by atoms with Crippen LogP contribution in [-0.2, 0) is 0 Å². The van der Waals surface area contributed by atoms with Gasteiger partial charge in [0.05, 0.1) is 5.69 Å². The molecule has 2 N–H and O–H groups in total. The summed E-state index contributed by atoms with van der Waals surface area (Å²) in [5.74, 6) is 0.397. The third kappa shape index (κ3) is 4.32. The van der Waals surface area contributed by atoms with Crippen LogP contribution in [0.3, 0.4) is 0 Å². The Morgan fingerprint density at radius 1 is 1.24 bits per heavy atom. The first kappa shape index (κ1) is 13.3. The largest absolute Gasteiger partial charge is 0.415 e. The molecule has 0 atom stereocenters. The fourth-order valence-electron chi connectivity index (χ4n) is 1.19. The van der Waals surface area contributed by atoms with Crippen molar-refractivity contribution in [2.75, 3.05) is 40.0 Å². The second-order valence-corrected chi connectivity index (χ2v) is 4.13. The van der Waals surface area contributed by atoms with Crippen LogP contribution in [0, 0.1) is 0 Å². The van der Waals surface area contributed by atoms with Crippen LogP contribution in [0.2, 0.25) is 0 Å². The van der Waals surface area contributed by atoms with Crippen LogP contribution in [0.4, 0.5) is 10.5 Å². The van der Waals surface area contributed by atoms with E-state index in [1.165, 1.54) is 4.90 Å². The molecule has 0 spiro atoms. The van der Waals surface area contributed by atoms with Gasteiger partial charge < -0.3 is 20.3 Å². The molecule has 0 aromatic heterocycles. The molecule has 0 heterocycles. The van der Waals surface area contributed by atoms with E-state index in [1.807, 2.05) is 19.0 Å². The summed E-state index contributed by atoms with van der Waals surface area (Å²) in [6.07, 6.45) is -0.398. The van der Waals surface area contributed by atoms with E-state index < -0.39 is 6.09 Å². The van der Waals surface area contributed by atoms with Gasteiger partial charge in [-0.1, -0.05) is 12.1 Å². The Labute approximate surface area is 102 Å². The number of carbonyl (C=O) groups excluding carboxylic acids is 1. The van der Waals surface area contributed by atoms with Crippen molar-refractivity contribution in [2.24, 2.45) is 0 Å². The third-order valence-corrected chi connectivity index (χ3v) is 2.31. The summed E-state index contributed by atoms with van der Waals surface area (Å²) < 4.78 is 5.18. The highest BCUT2D eigenvalue weighted by Crippen LogP contribution is 2.20. The molecule has 5 nitrogen and oxygen atoms in total. The monoisotopic (exact) mass is 237 g/mol. The Balaban J connectivity index is 2.52. The maximum Gasteiger partial charge on any atom is 0.415 e. The van der Waals surface area contributed by atoms with E-state index in [9.17, 15) is 4.79 Å². The Hall–Kier alpha value is -1.75. The molecule has 0 aliphatic rings. The van der Waals surface area contributed by atoms with Crippen LogP contribution in [0.5, 0.6) is 5.75 Å². The van der Waals surface area contributed by atoms with Crippen LogP contribution >= 0.6 is 0 Å². The molecule has 17 heavy (non-hydrogen) atoms. The highest BCUT2D eigenvalue weighted by molar-refractivity contribution is 5.72. The fraction of sp³-hybridized carbons (Fsp3) is 0.417. The molecule has 1 rings (SSSR count). The molecule has 5 heteroatoms. The summed E-state index contributed by atoms with van der Waals surface area (Å²) in [5.41, 5.74) is 6.15. The molecule has 0 aliphatic heterocycles. The third-order valence-electron chi connectivity index (χ3n) is 2.31. The average molecular weight is 237 g/mol. The lowest BCUT2D eigenvalue weighted by atomic mass is 10.3. The predicted molar refractivity (Wildman–Crippen MR) is 68.1 cm³/mol. The van der Waals surface area contributed by atoms with Crippen LogP contribution in [0.1, 0.15) is 0 Å². The van der Waals surface area contributed by atoms with Crippen LogP contribution in [-0.4, -0.2) is 50.1 Å². The summed E-state index contributed by atoms with van der Waals surface area (Å²) in [6, 6.07) is 6.94. The average Bonchev–Trinajstić information content (AvgIpc) is 2.28. The molecule has 1 aromatic carbocycles. The number of carbonyl (C=O) groups is 1. The summed E-state index contributed by atoms with van der Waals surface area (Å²) >= 11 is 0. The zero-order valence-electron chi connectivity index (χ0n) is 10.5. The molecule has 1 amide bonds. The van der Waals surface area contributed by atoms with E-state index in [-0.39, 0.29) is 0 Å². The lowest BCUT2D eigenvalue weighted by Crippen LogP contribution is -2.35. The zero-order chi connectivity index (χ0) is 12.8. The van der Waals surface area contributed by atoms with E-state index in [0.717, 1.165) is 6.54 Å². The van der Waals surface area contributed by atoms with Gasteiger partial charge in [0.25, 0.3) is 0 Å². The number of hydrogen-bond donors (Lipinski definition) is 1. The standard InChI is InChI=1S/C12H19N3O2/c1-14(2)8-9-15(3)12(16)17-11-7-5-4-6-10(11)13/h4-7H,8-9,13H2,1-3H3. The normalized spacial score (nSPS) is 10.4. The van der Waals surface area contributed by atoms with E-state index in [4.69, 9.17) is 10.5 Å². The van der Waals surface area contributed by atoms with Crippen molar-refractivity contribution < 1.29 is 9.53 Å². The molecule has 0 radical (unpaired) electrons. The number of ether oxygens (including phenoxy) is 1. The number of rotatable bonds is 4. The van der Waals surface area contributed by atoms with Gasteiger partial charge in [0, 0.05) is 20.1 Å². The quantitative estimate of drug-likeness (QED) is 0.801. The second kappa shape index (κ2) is 6.10. The number of hydrogen-bond acceptors (Lipinski definition) is 4. The number of para-hydroxylation sites is 2. The Bertz CT molecular complexity index is 380. The van der Waals surface area contributed by atoms with Crippen LogP contribution in [0.25, 0.3) is 0 Å². The highest BCUT2D eigenvalue weighted by atomic mass is 16.6. The Morgan fingerprint density at radius 3 is 2.47 bits per heavy atom. The molecule has 1 aromatic rings. The van der Waals surface area contributed by atoms with Crippen molar-refractivity contribution in [1.82, 2.24) is 9.80 Å². The van der Waals surface area contributed by atoms with Crippen molar-refractivity contribution in [2.45, 2.75) is 0 Å². The first-order valence-corrected chi connectivity index (χ1v) is 5.43. The minimum absolute atomic E-state index is 0.397. The van der Waals surface area contributed by atoms with Gasteiger partial charge in [-0.3, -0.25) is 0 Å². The van der Waals surface area contributed by atoms with Crippen molar-refractivity contribution in [3.8, 4) is 5.75 Å². The molecule has 0 saturated carbocycles. The molecule has 0 fully saturated rings. The molecule has 0 saturated heterocycles. The predicted octanol–water partition coefficient (Wildman–Crippen LogP) is 1.26. The van der Waals surface area contributed by atoms with Crippen molar-refractivity contribution >= 4 is 11.8 Å². The van der Waals surface area contributed by atoms with Crippen LogP contribution in [0.15, 0.2) is 24.3 Å².